The first-order chi connectivity index (χ1) is 25.1. The van der Waals surface area contributed by atoms with Crippen LogP contribution in [0.2, 0.25) is 0 Å². The number of nitrogens with zero attached hydrogens (tertiary/aromatic N) is 1. The highest BCUT2D eigenvalue weighted by molar-refractivity contribution is 6.13. The fraction of sp³-hybridized carbons (Fsp3) is 0. The largest absolute Gasteiger partial charge is 0.310 e. The van der Waals surface area contributed by atoms with Crippen molar-refractivity contribution in [3.63, 3.8) is 0 Å². The van der Waals surface area contributed by atoms with E-state index in [0.717, 1.165) is 50.5 Å². The van der Waals surface area contributed by atoms with Gasteiger partial charge in [0, 0.05) is 28.2 Å². The first kappa shape index (κ1) is 31.4. The van der Waals surface area contributed by atoms with E-state index >= 15 is 0 Å². The molecule has 51 heavy (non-hydrogen) atoms. The number of hydrogen-bond donors (Lipinski definition) is 0. The Morgan fingerprint density at radius 3 is 1.49 bits per heavy atom. The summed E-state index contributed by atoms with van der Waals surface area (Å²) in [7, 11) is 0. The molecule has 0 fully saturated rings. The number of benzene rings is 8. The Morgan fingerprint density at radius 1 is 0.431 bits per heavy atom. The predicted molar refractivity (Wildman–Crippen MR) is 212 cm³/mol. The van der Waals surface area contributed by atoms with Gasteiger partial charge < -0.3 is 4.90 Å². The molecule has 0 heterocycles. The van der Waals surface area contributed by atoms with Crippen molar-refractivity contribution in [1.29, 1.82) is 0 Å². The minimum atomic E-state index is -0.203. The molecule has 0 radical (unpaired) electrons. The summed E-state index contributed by atoms with van der Waals surface area (Å²) in [6.07, 6.45) is 4.11. The van der Waals surface area contributed by atoms with Crippen LogP contribution in [0, 0.1) is 0 Å². The molecule has 0 aliphatic carbocycles. The summed E-state index contributed by atoms with van der Waals surface area (Å²) in [5.41, 5.74) is 9.55. The van der Waals surface area contributed by atoms with Crippen LogP contribution in [0.1, 0.15) is 26.3 Å². The van der Waals surface area contributed by atoms with Gasteiger partial charge in [0.1, 0.15) is 0 Å². The van der Waals surface area contributed by atoms with Crippen molar-refractivity contribution in [2.24, 2.45) is 0 Å². The Balaban J connectivity index is 1.11. The summed E-state index contributed by atoms with van der Waals surface area (Å²) in [6.45, 7) is 0. The standard InChI is InChI=1S/C48H33NO2/c50-33-43-30-39-13-7-8-14-40(39)32-47(43)48(51)28-16-34-15-17-42-31-46(27-22-41(42)29-34)49(44-23-18-37(19-24-44)35-9-3-1-4-10-35)45-25-20-38(21-26-45)36-11-5-2-6-12-36/h1-33H. The van der Waals surface area contributed by atoms with Crippen LogP contribution in [0.15, 0.2) is 188 Å². The number of carbonyl (C=O) groups excluding carboxylic acids is 2. The third-order valence-electron chi connectivity index (χ3n) is 9.31. The van der Waals surface area contributed by atoms with Gasteiger partial charge in [-0.2, -0.15) is 0 Å². The lowest BCUT2D eigenvalue weighted by Crippen LogP contribution is -2.09. The van der Waals surface area contributed by atoms with Gasteiger partial charge in [-0.25, -0.2) is 0 Å². The number of fused-ring (bicyclic) bond motifs is 2. The average molecular weight is 656 g/mol. The van der Waals surface area contributed by atoms with E-state index in [1.165, 1.54) is 22.3 Å². The fourth-order valence-electron chi connectivity index (χ4n) is 6.64. The fourth-order valence-corrected chi connectivity index (χ4v) is 6.64. The Labute approximate surface area is 297 Å². The van der Waals surface area contributed by atoms with Gasteiger partial charge in [-0.15, -0.1) is 0 Å². The molecule has 0 atom stereocenters. The van der Waals surface area contributed by atoms with Crippen LogP contribution in [0.5, 0.6) is 0 Å². The molecule has 8 aromatic rings. The van der Waals surface area contributed by atoms with Gasteiger partial charge in [-0.05, 0) is 110 Å². The van der Waals surface area contributed by atoms with Gasteiger partial charge >= 0.3 is 0 Å². The van der Waals surface area contributed by atoms with Gasteiger partial charge in [-0.3, -0.25) is 9.59 Å². The van der Waals surface area contributed by atoms with Crippen molar-refractivity contribution in [3.05, 3.63) is 205 Å². The van der Waals surface area contributed by atoms with E-state index in [4.69, 9.17) is 0 Å². The minimum absolute atomic E-state index is 0.203. The van der Waals surface area contributed by atoms with Gasteiger partial charge in [-0.1, -0.05) is 133 Å². The summed E-state index contributed by atoms with van der Waals surface area (Å²) in [4.78, 5) is 27.3. The Bertz CT molecular complexity index is 2450. The first-order valence-corrected chi connectivity index (χ1v) is 17.0. The smallest absolute Gasteiger partial charge is 0.186 e. The average Bonchev–Trinajstić information content (AvgIpc) is 3.20. The zero-order valence-corrected chi connectivity index (χ0v) is 27.8. The molecule has 0 saturated carbocycles. The molecule has 0 bridgehead atoms. The maximum absolute atomic E-state index is 13.2. The number of carbonyl (C=O) groups is 2. The highest BCUT2D eigenvalue weighted by atomic mass is 16.1. The third-order valence-corrected chi connectivity index (χ3v) is 9.31. The van der Waals surface area contributed by atoms with Crippen LogP contribution in [0.4, 0.5) is 17.1 Å². The summed E-state index contributed by atoms with van der Waals surface area (Å²) in [6, 6.07) is 62.2. The van der Waals surface area contributed by atoms with E-state index in [-0.39, 0.29) is 5.78 Å². The quantitative estimate of drug-likeness (QED) is 0.0882. The van der Waals surface area contributed by atoms with Crippen molar-refractivity contribution in [3.8, 4) is 22.3 Å². The van der Waals surface area contributed by atoms with E-state index in [0.29, 0.717) is 11.1 Å². The normalized spacial score (nSPS) is 11.2. The van der Waals surface area contributed by atoms with Crippen LogP contribution in [-0.2, 0) is 0 Å². The topological polar surface area (TPSA) is 37.4 Å². The summed E-state index contributed by atoms with van der Waals surface area (Å²) in [5, 5.41) is 4.00. The van der Waals surface area contributed by atoms with Crippen molar-refractivity contribution in [1.82, 2.24) is 0 Å². The summed E-state index contributed by atoms with van der Waals surface area (Å²) in [5.74, 6) is -0.203. The molecule has 8 aromatic carbocycles. The lowest BCUT2D eigenvalue weighted by atomic mass is 9.98. The first-order valence-electron chi connectivity index (χ1n) is 17.0. The molecular formula is C48H33NO2. The molecule has 0 unspecified atom stereocenters. The molecule has 0 spiro atoms. The van der Waals surface area contributed by atoms with Gasteiger partial charge in [0.15, 0.2) is 12.1 Å². The van der Waals surface area contributed by atoms with Crippen molar-refractivity contribution < 1.29 is 9.59 Å². The maximum atomic E-state index is 13.2. The second-order valence-corrected chi connectivity index (χ2v) is 12.6. The van der Waals surface area contributed by atoms with Crippen LogP contribution < -0.4 is 4.90 Å². The van der Waals surface area contributed by atoms with Crippen LogP contribution in [0.3, 0.4) is 0 Å². The number of ketones is 1. The molecule has 3 heteroatoms. The predicted octanol–water partition coefficient (Wildman–Crippen LogP) is 12.5. The number of allylic oxidation sites excluding steroid dienone is 1. The molecule has 0 saturated heterocycles. The van der Waals surface area contributed by atoms with Gasteiger partial charge in [0.25, 0.3) is 0 Å². The maximum Gasteiger partial charge on any atom is 0.186 e. The van der Waals surface area contributed by atoms with E-state index in [1.54, 1.807) is 18.2 Å². The zero-order chi connectivity index (χ0) is 34.6. The molecule has 0 amide bonds. The van der Waals surface area contributed by atoms with E-state index < -0.39 is 0 Å². The Kier molecular flexibility index (Phi) is 8.60. The molecule has 0 aliphatic heterocycles. The molecule has 3 nitrogen and oxygen atoms in total. The number of hydrogen-bond acceptors (Lipinski definition) is 3. The van der Waals surface area contributed by atoms with Crippen molar-refractivity contribution >= 4 is 56.8 Å². The number of anilines is 3. The Hall–Kier alpha value is -6.84. The van der Waals surface area contributed by atoms with Gasteiger partial charge in [0.05, 0.1) is 0 Å². The summed E-state index contributed by atoms with van der Waals surface area (Å²) < 4.78 is 0. The lowest BCUT2D eigenvalue weighted by Gasteiger charge is -2.26. The molecule has 8 rings (SSSR count). The Morgan fingerprint density at radius 2 is 0.902 bits per heavy atom. The van der Waals surface area contributed by atoms with Crippen LogP contribution in [-0.4, -0.2) is 12.1 Å². The van der Waals surface area contributed by atoms with E-state index in [9.17, 15) is 9.59 Å². The molecule has 0 aliphatic rings. The monoisotopic (exact) mass is 655 g/mol. The molecule has 0 N–H and O–H groups in total. The van der Waals surface area contributed by atoms with Crippen LogP contribution in [0.25, 0.3) is 49.9 Å². The lowest BCUT2D eigenvalue weighted by molar-refractivity contribution is 0.103. The molecular weight excluding hydrogens is 623 g/mol. The minimum Gasteiger partial charge on any atom is -0.310 e. The number of aldehydes is 1. The highest BCUT2D eigenvalue weighted by Crippen LogP contribution is 2.38. The van der Waals surface area contributed by atoms with Gasteiger partial charge in [0.2, 0.25) is 0 Å². The van der Waals surface area contributed by atoms with Crippen LogP contribution >= 0.6 is 0 Å². The van der Waals surface area contributed by atoms with E-state index in [2.05, 4.69) is 132 Å². The van der Waals surface area contributed by atoms with E-state index in [1.807, 2.05) is 48.5 Å². The third kappa shape index (κ3) is 6.61. The molecule has 242 valence electrons. The second kappa shape index (κ2) is 13.9. The summed E-state index contributed by atoms with van der Waals surface area (Å²) >= 11 is 0. The van der Waals surface area contributed by atoms with Crippen molar-refractivity contribution in [2.75, 3.05) is 4.90 Å². The molecule has 0 aromatic heterocycles. The highest BCUT2D eigenvalue weighted by Gasteiger charge is 2.15. The number of rotatable bonds is 9. The second-order valence-electron chi connectivity index (χ2n) is 12.6. The zero-order valence-electron chi connectivity index (χ0n) is 27.8. The SMILES string of the molecule is O=Cc1cc2ccccc2cc1C(=O)C=Cc1ccc2cc(N(c3ccc(-c4ccccc4)cc3)c3ccc(-c4ccccc4)cc3)ccc2c1. The van der Waals surface area contributed by atoms with Crippen molar-refractivity contribution in [2.45, 2.75) is 0 Å².